The first-order valence-corrected chi connectivity index (χ1v) is 8.57. The van der Waals surface area contributed by atoms with Crippen molar-refractivity contribution in [1.29, 1.82) is 0 Å². The smallest absolute Gasteiger partial charge is 0.269 e. The van der Waals surface area contributed by atoms with Gasteiger partial charge in [-0.25, -0.2) is 0 Å². The van der Waals surface area contributed by atoms with Gasteiger partial charge in [0.25, 0.3) is 11.4 Å². The monoisotopic (exact) mass is 396 g/mol. The number of hydrogen-bond acceptors (Lipinski definition) is 7. The van der Waals surface area contributed by atoms with Crippen LogP contribution >= 0.6 is 0 Å². The average molecular weight is 396 g/mol. The van der Waals surface area contributed by atoms with E-state index >= 15 is 0 Å². The number of nitro groups is 2. The standard InChI is InChI=1S/C20H16N2O7/c1-2-27-18-11-12-19(28-16-7-3-14(4-8-16)21(23)24)20(13-18)29-17-9-5-15(6-10-17)22(25)26/h3-13H,2H2,1H3. The van der Waals surface area contributed by atoms with E-state index in [1.54, 1.807) is 18.2 Å². The fourth-order valence-electron chi connectivity index (χ4n) is 2.43. The van der Waals surface area contributed by atoms with E-state index in [4.69, 9.17) is 14.2 Å². The van der Waals surface area contributed by atoms with Gasteiger partial charge in [0.1, 0.15) is 17.2 Å². The normalized spacial score (nSPS) is 10.2. The topological polar surface area (TPSA) is 114 Å². The Kier molecular flexibility index (Phi) is 5.88. The molecular weight excluding hydrogens is 380 g/mol. The molecule has 9 nitrogen and oxygen atoms in total. The lowest BCUT2D eigenvalue weighted by atomic mass is 10.2. The molecule has 0 spiro atoms. The summed E-state index contributed by atoms with van der Waals surface area (Å²) in [5.74, 6) is 1.98. The molecular formula is C20H16N2O7. The number of nitrogens with zero attached hydrogens (tertiary/aromatic N) is 2. The summed E-state index contributed by atoms with van der Waals surface area (Å²) in [5, 5.41) is 21.6. The lowest BCUT2D eigenvalue weighted by molar-refractivity contribution is -0.385. The van der Waals surface area contributed by atoms with Gasteiger partial charge in [-0.1, -0.05) is 0 Å². The summed E-state index contributed by atoms with van der Waals surface area (Å²) in [6.07, 6.45) is 0. The molecule has 148 valence electrons. The number of benzene rings is 3. The van der Waals surface area contributed by atoms with Gasteiger partial charge < -0.3 is 14.2 Å². The van der Waals surface area contributed by atoms with Crippen molar-refractivity contribution < 1.29 is 24.1 Å². The fourth-order valence-corrected chi connectivity index (χ4v) is 2.43. The van der Waals surface area contributed by atoms with Crippen LogP contribution in [0.2, 0.25) is 0 Å². The molecule has 0 heterocycles. The van der Waals surface area contributed by atoms with Gasteiger partial charge in [-0.2, -0.15) is 0 Å². The van der Waals surface area contributed by atoms with Gasteiger partial charge >= 0.3 is 0 Å². The van der Waals surface area contributed by atoms with Crippen LogP contribution < -0.4 is 14.2 Å². The first kappa shape index (κ1) is 19.6. The molecule has 0 saturated heterocycles. The Morgan fingerprint density at radius 1 is 0.690 bits per heavy atom. The first-order valence-electron chi connectivity index (χ1n) is 8.57. The second-order valence-electron chi connectivity index (χ2n) is 5.75. The van der Waals surface area contributed by atoms with Gasteiger partial charge in [-0.15, -0.1) is 0 Å². The molecule has 0 aliphatic rings. The molecule has 0 atom stereocenters. The molecule has 0 aliphatic heterocycles. The minimum atomic E-state index is -0.497. The zero-order chi connectivity index (χ0) is 20.8. The summed E-state index contributed by atoms with van der Waals surface area (Å²) < 4.78 is 17.1. The van der Waals surface area contributed by atoms with Crippen molar-refractivity contribution in [3.05, 3.63) is 87.0 Å². The van der Waals surface area contributed by atoms with E-state index in [-0.39, 0.29) is 11.4 Å². The third-order valence-electron chi connectivity index (χ3n) is 3.78. The predicted octanol–water partition coefficient (Wildman–Crippen LogP) is 5.49. The van der Waals surface area contributed by atoms with Gasteiger partial charge in [0.15, 0.2) is 11.5 Å². The van der Waals surface area contributed by atoms with Crippen molar-refractivity contribution in [2.75, 3.05) is 6.61 Å². The van der Waals surface area contributed by atoms with Crippen LogP contribution in [0.1, 0.15) is 6.92 Å². The van der Waals surface area contributed by atoms with Crippen LogP contribution in [0.3, 0.4) is 0 Å². The number of non-ortho nitro benzene ring substituents is 2. The molecule has 0 aromatic heterocycles. The highest BCUT2D eigenvalue weighted by molar-refractivity contribution is 5.50. The first-order chi connectivity index (χ1) is 14.0. The van der Waals surface area contributed by atoms with Crippen LogP contribution in [-0.2, 0) is 0 Å². The predicted molar refractivity (Wildman–Crippen MR) is 104 cm³/mol. The summed E-state index contributed by atoms with van der Waals surface area (Å²) in [6.45, 7) is 2.30. The quantitative estimate of drug-likeness (QED) is 0.365. The summed E-state index contributed by atoms with van der Waals surface area (Å²) in [5.41, 5.74) is -0.103. The Labute approximate surface area is 165 Å². The third kappa shape index (κ3) is 4.98. The SMILES string of the molecule is CCOc1ccc(Oc2ccc([N+](=O)[O-])cc2)c(Oc2ccc([N+](=O)[O-])cc2)c1. The molecule has 0 unspecified atom stereocenters. The van der Waals surface area contributed by atoms with Crippen LogP contribution in [0.5, 0.6) is 28.7 Å². The maximum absolute atomic E-state index is 10.8. The second kappa shape index (κ2) is 8.70. The van der Waals surface area contributed by atoms with Crippen molar-refractivity contribution in [2.24, 2.45) is 0 Å². The van der Waals surface area contributed by atoms with Crippen molar-refractivity contribution in [3.8, 4) is 28.7 Å². The fraction of sp³-hybridized carbons (Fsp3) is 0.100. The van der Waals surface area contributed by atoms with E-state index in [9.17, 15) is 20.2 Å². The molecule has 0 fully saturated rings. The maximum atomic E-state index is 10.8. The van der Waals surface area contributed by atoms with Crippen LogP contribution in [0.25, 0.3) is 0 Å². The van der Waals surface area contributed by atoms with Gasteiger partial charge in [0, 0.05) is 30.3 Å². The number of hydrogen-bond donors (Lipinski definition) is 0. The van der Waals surface area contributed by atoms with Gasteiger partial charge in [-0.05, 0) is 43.3 Å². The molecule has 0 N–H and O–H groups in total. The Hall–Kier alpha value is -4.14. The summed E-state index contributed by atoms with van der Waals surface area (Å²) >= 11 is 0. The van der Waals surface area contributed by atoms with Crippen LogP contribution in [-0.4, -0.2) is 16.5 Å². The van der Waals surface area contributed by atoms with E-state index in [0.29, 0.717) is 35.4 Å². The number of ether oxygens (including phenoxy) is 3. The third-order valence-corrected chi connectivity index (χ3v) is 3.78. The van der Waals surface area contributed by atoms with Crippen molar-refractivity contribution >= 4 is 11.4 Å². The number of rotatable bonds is 8. The molecule has 3 rings (SSSR count). The second-order valence-corrected chi connectivity index (χ2v) is 5.75. The minimum absolute atomic E-state index is 0.0496. The van der Waals surface area contributed by atoms with Gasteiger partial charge in [0.2, 0.25) is 0 Å². The Bertz CT molecular complexity index is 1020. The minimum Gasteiger partial charge on any atom is -0.494 e. The molecule has 0 amide bonds. The molecule has 0 aliphatic carbocycles. The maximum Gasteiger partial charge on any atom is 0.269 e. The Morgan fingerprint density at radius 2 is 1.14 bits per heavy atom. The van der Waals surface area contributed by atoms with Crippen molar-refractivity contribution in [2.45, 2.75) is 6.92 Å². The molecule has 3 aromatic rings. The lowest BCUT2D eigenvalue weighted by Gasteiger charge is -2.14. The Balaban J connectivity index is 1.87. The summed E-state index contributed by atoms with van der Waals surface area (Å²) in [4.78, 5) is 20.6. The van der Waals surface area contributed by atoms with E-state index in [0.717, 1.165) is 0 Å². The van der Waals surface area contributed by atoms with Crippen LogP contribution in [0.15, 0.2) is 66.7 Å². The molecule has 3 aromatic carbocycles. The summed E-state index contributed by atoms with van der Waals surface area (Å²) in [7, 11) is 0. The van der Waals surface area contributed by atoms with E-state index in [2.05, 4.69) is 0 Å². The van der Waals surface area contributed by atoms with Crippen LogP contribution in [0, 0.1) is 20.2 Å². The Morgan fingerprint density at radius 3 is 1.59 bits per heavy atom. The molecule has 0 saturated carbocycles. The highest BCUT2D eigenvalue weighted by atomic mass is 16.6. The van der Waals surface area contributed by atoms with Crippen molar-refractivity contribution in [3.63, 3.8) is 0 Å². The van der Waals surface area contributed by atoms with Gasteiger partial charge in [-0.3, -0.25) is 20.2 Å². The van der Waals surface area contributed by atoms with Crippen LogP contribution in [0.4, 0.5) is 11.4 Å². The highest BCUT2D eigenvalue weighted by Gasteiger charge is 2.13. The van der Waals surface area contributed by atoms with Gasteiger partial charge in [0.05, 0.1) is 16.5 Å². The largest absolute Gasteiger partial charge is 0.494 e. The molecule has 0 bridgehead atoms. The van der Waals surface area contributed by atoms with Crippen molar-refractivity contribution in [1.82, 2.24) is 0 Å². The molecule has 29 heavy (non-hydrogen) atoms. The molecule has 0 radical (unpaired) electrons. The zero-order valence-electron chi connectivity index (χ0n) is 15.3. The lowest BCUT2D eigenvalue weighted by Crippen LogP contribution is -1.95. The van der Waals surface area contributed by atoms with E-state index in [1.165, 1.54) is 48.5 Å². The summed E-state index contributed by atoms with van der Waals surface area (Å²) in [6, 6.07) is 16.2. The average Bonchev–Trinajstić information content (AvgIpc) is 2.71. The van der Waals surface area contributed by atoms with E-state index in [1.807, 2.05) is 6.92 Å². The molecule has 9 heteroatoms. The number of nitro benzene ring substituents is 2. The van der Waals surface area contributed by atoms with E-state index < -0.39 is 9.85 Å². The highest BCUT2D eigenvalue weighted by Crippen LogP contribution is 2.38. The zero-order valence-corrected chi connectivity index (χ0v) is 15.3.